The van der Waals surface area contributed by atoms with Crippen molar-refractivity contribution in [1.29, 1.82) is 0 Å². The molecule has 2 amide bonds. The molecule has 0 saturated carbocycles. The van der Waals surface area contributed by atoms with Crippen LogP contribution in [0.4, 0.5) is 0 Å². The first-order valence-corrected chi connectivity index (χ1v) is 9.68. The molecule has 1 aliphatic heterocycles. The van der Waals surface area contributed by atoms with E-state index in [0.29, 0.717) is 17.8 Å². The van der Waals surface area contributed by atoms with Crippen molar-refractivity contribution in [1.82, 2.24) is 14.7 Å². The number of nitrogens with zero attached hydrogens (tertiary/aromatic N) is 3. The third-order valence-electron chi connectivity index (χ3n) is 5.98. The smallest absolute Gasteiger partial charge is 0.219 e. The second-order valence-corrected chi connectivity index (χ2v) is 8.03. The van der Waals surface area contributed by atoms with Crippen LogP contribution in [-0.2, 0) is 9.59 Å². The largest absolute Gasteiger partial charge is 0.341 e. The summed E-state index contributed by atoms with van der Waals surface area (Å²) >= 11 is 0. The van der Waals surface area contributed by atoms with Crippen LogP contribution in [0.1, 0.15) is 41.0 Å². The van der Waals surface area contributed by atoms with Crippen LogP contribution in [0.5, 0.6) is 0 Å². The summed E-state index contributed by atoms with van der Waals surface area (Å²) in [5.74, 6) is 2.04. The van der Waals surface area contributed by atoms with E-state index in [-0.39, 0.29) is 11.8 Å². The highest BCUT2D eigenvalue weighted by atomic mass is 16.2. The van der Waals surface area contributed by atoms with Gasteiger partial charge < -0.3 is 9.80 Å². The zero-order chi connectivity index (χ0) is 18.6. The molecular weight excluding hydrogens is 314 g/mol. The second kappa shape index (κ2) is 8.84. The maximum Gasteiger partial charge on any atom is 0.219 e. The van der Waals surface area contributed by atoms with Gasteiger partial charge in [-0.3, -0.25) is 14.5 Å². The van der Waals surface area contributed by atoms with Gasteiger partial charge in [-0.1, -0.05) is 25.5 Å². The van der Waals surface area contributed by atoms with Gasteiger partial charge in [0.25, 0.3) is 0 Å². The minimum Gasteiger partial charge on any atom is -0.341 e. The minimum atomic E-state index is 0.161. The van der Waals surface area contributed by atoms with Crippen LogP contribution in [-0.4, -0.2) is 72.3 Å². The molecule has 0 unspecified atom stereocenters. The van der Waals surface area contributed by atoms with Crippen LogP contribution < -0.4 is 0 Å². The van der Waals surface area contributed by atoms with Crippen molar-refractivity contribution in [2.75, 3.05) is 45.8 Å². The van der Waals surface area contributed by atoms with Gasteiger partial charge in [0.1, 0.15) is 0 Å². The van der Waals surface area contributed by atoms with Crippen LogP contribution in [0, 0.1) is 17.8 Å². The standard InChI is InChI=1S/C20H35N3O2/c1-15-12-16(2)20(17(3)13-15)14-23(19(5)25)11-8-21-6-9-22(10-7-21)18(4)24/h12,16-17,20H,6-11,13-14H2,1-5H3/t16-,17-,20-/m0/s1. The summed E-state index contributed by atoms with van der Waals surface area (Å²) < 4.78 is 0. The van der Waals surface area contributed by atoms with Crippen molar-refractivity contribution in [2.45, 2.75) is 41.0 Å². The third-order valence-corrected chi connectivity index (χ3v) is 5.98. The number of piperazine rings is 1. The van der Waals surface area contributed by atoms with E-state index >= 15 is 0 Å². The Hall–Kier alpha value is -1.36. The zero-order valence-electron chi connectivity index (χ0n) is 16.6. The lowest BCUT2D eigenvalue weighted by Crippen LogP contribution is -2.50. The van der Waals surface area contributed by atoms with Gasteiger partial charge in [0.15, 0.2) is 0 Å². The van der Waals surface area contributed by atoms with Gasteiger partial charge in [-0.05, 0) is 31.1 Å². The number of carbonyl (C=O) groups is 2. The second-order valence-electron chi connectivity index (χ2n) is 8.03. The van der Waals surface area contributed by atoms with Crippen LogP contribution in [0.25, 0.3) is 0 Å². The Labute approximate surface area is 153 Å². The first kappa shape index (κ1) is 20.0. The summed E-state index contributed by atoms with van der Waals surface area (Å²) in [6.45, 7) is 16.1. The Kier molecular flexibility index (Phi) is 7.05. The van der Waals surface area contributed by atoms with E-state index in [1.807, 2.05) is 9.80 Å². The molecule has 5 nitrogen and oxygen atoms in total. The van der Waals surface area contributed by atoms with Gasteiger partial charge in [-0.15, -0.1) is 0 Å². The maximum absolute atomic E-state index is 12.1. The van der Waals surface area contributed by atoms with Crippen LogP contribution >= 0.6 is 0 Å². The number of amides is 2. The lowest BCUT2D eigenvalue weighted by atomic mass is 9.75. The molecule has 2 aliphatic rings. The molecule has 1 aliphatic carbocycles. The van der Waals surface area contributed by atoms with Gasteiger partial charge in [0, 0.05) is 59.7 Å². The number of rotatable bonds is 5. The van der Waals surface area contributed by atoms with E-state index in [0.717, 1.165) is 52.2 Å². The fraction of sp³-hybridized carbons (Fsp3) is 0.800. The van der Waals surface area contributed by atoms with E-state index in [1.54, 1.807) is 13.8 Å². The van der Waals surface area contributed by atoms with Crippen LogP contribution in [0.2, 0.25) is 0 Å². The quantitative estimate of drug-likeness (QED) is 0.715. The third kappa shape index (κ3) is 5.56. The van der Waals surface area contributed by atoms with Crippen molar-refractivity contribution >= 4 is 11.8 Å². The van der Waals surface area contributed by atoms with Crippen molar-refractivity contribution in [3.8, 4) is 0 Å². The molecule has 1 fully saturated rings. The molecule has 5 heteroatoms. The fourth-order valence-electron chi connectivity index (χ4n) is 4.34. The Morgan fingerprint density at radius 2 is 1.80 bits per heavy atom. The predicted molar refractivity (Wildman–Crippen MR) is 101 cm³/mol. The van der Waals surface area contributed by atoms with E-state index in [9.17, 15) is 9.59 Å². The maximum atomic E-state index is 12.1. The monoisotopic (exact) mass is 349 g/mol. The molecule has 3 atom stereocenters. The molecule has 0 spiro atoms. The van der Waals surface area contributed by atoms with Crippen LogP contribution in [0.3, 0.4) is 0 Å². The summed E-state index contributed by atoms with van der Waals surface area (Å²) in [4.78, 5) is 29.9. The molecule has 1 saturated heterocycles. The fourth-order valence-corrected chi connectivity index (χ4v) is 4.34. The molecule has 25 heavy (non-hydrogen) atoms. The Morgan fingerprint density at radius 3 is 2.32 bits per heavy atom. The predicted octanol–water partition coefficient (Wildman–Crippen LogP) is 2.24. The molecular formula is C20H35N3O2. The van der Waals surface area contributed by atoms with Gasteiger partial charge in [0.05, 0.1) is 0 Å². The molecule has 0 aromatic carbocycles. The van der Waals surface area contributed by atoms with Crippen molar-refractivity contribution < 1.29 is 9.59 Å². The molecule has 0 aromatic heterocycles. The highest BCUT2D eigenvalue weighted by molar-refractivity contribution is 5.73. The molecule has 142 valence electrons. The molecule has 1 heterocycles. The van der Waals surface area contributed by atoms with Crippen molar-refractivity contribution in [3.63, 3.8) is 0 Å². The first-order chi connectivity index (χ1) is 11.8. The van der Waals surface area contributed by atoms with Crippen molar-refractivity contribution in [2.24, 2.45) is 17.8 Å². The number of hydrogen-bond acceptors (Lipinski definition) is 3. The van der Waals surface area contributed by atoms with E-state index < -0.39 is 0 Å². The van der Waals surface area contributed by atoms with E-state index in [1.165, 1.54) is 5.57 Å². The SMILES string of the molecule is CC(=O)N1CCN(CCN(C[C@H]2[C@@H](C)C=C(C)C[C@@H]2C)C(C)=O)CC1. The Bertz CT molecular complexity index is 509. The number of hydrogen-bond donors (Lipinski definition) is 0. The number of allylic oxidation sites excluding steroid dienone is 2. The summed E-state index contributed by atoms with van der Waals surface area (Å²) in [5.41, 5.74) is 1.48. The summed E-state index contributed by atoms with van der Waals surface area (Å²) in [5, 5.41) is 0. The Balaban J connectivity index is 1.85. The highest BCUT2D eigenvalue weighted by Gasteiger charge is 2.29. The van der Waals surface area contributed by atoms with Gasteiger partial charge in [-0.25, -0.2) is 0 Å². The van der Waals surface area contributed by atoms with Gasteiger partial charge in [0.2, 0.25) is 11.8 Å². The normalized spacial score (nSPS) is 27.8. The van der Waals surface area contributed by atoms with Crippen LogP contribution in [0.15, 0.2) is 11.6 Å². The van der Waals surface area contributed by atoms with E-state index in [2.05, 4.69) is 31.7 Å². The highest BCUT2D eigenvalue weighted by Crippen LogP contribution is 2.34. The molecule has 2 rings (SSSR count). The first-order valence-electron chi connectivity index (χ1n) is 9.68. The average molecular weight is 350 g/mol. The van der Waals surface area contributed by atoms with Crippen molar-refractivity contribution in [3.05, 3.63) is 11.6 Å². The summed E-state index contributed by atoms with van der Waals surface area (Å²) in [7, 11) is 0. The van der Waals surface area contributed by atoms with Gasteiger partial charge >= 0.3 is 0 Å². The molecule has 0 aromatic rings. The lowest BCUT2D eigenvalue weighted by molar-refractivity contribution is -0.130. The Morgan fingerprint density at radius 1 is 1.16 bits per heavy atom. The lowest BCUT2D eigenvalue weighted by Gasteiger charge is -2.38. The minimum absolute atomic E-state index is 0.161. The molecule has 0 bridgehead atoms. The topological polar surface area (TPSA) is 43.9 Å². The zero-order valence-corrected chi connectivity index (χ0v) is 16.6. The molecule has 0 N–H and O–H groups in total. The summed E-state index contributed by atoms with van der Waals surface area (Å²) in [6.07, 6.45) is 3.53. The molecule has 0 radical (unpaired) electrons. The van der Waals surface area contributed by atoms with Gasteiger partial charge in [-0.2, -0.15) is 0 Å². The number of carbonyl (C=O) groups excluding carboxylic acids is 2. The average Bonchev–Trinajstić information content (AvgIpc) is 2.53. The van der Waals surface area contributed by atoms with E-state index in [4.69, 9.17) is 0 Å². The summed E-state index contributed by atoms with van der Waals surface area (Å²) in [6, 6.07) is 0.